The highest BCUT2D eigenvalue weighted by atomic mass is 35.5. The molecule has 66 valence electrons. The molecule has 0 fully saturated rings. The summed E-state index contributed by atoms with van der Waals surface area (Å²) in [4.78, 5) is 0.483. The summed E-state index contributed by atoms with van der Waals surface area (Å²) in [6.45, 7) is 0.0383. The molecule has 1 nitrogen and oxygen atoms in total. The molecule has 0 aromatic heterocycles. The quantitative estimate of drug-likeness (QED) is 0.768. The fourth-order valence-electron chi connectivity index (χ4n) is 0.743. The van der Waals surface area contributed by atoms with Crippen LogP contribution in [-0.2, 0) is 0 Å². The summed E-state index contributed by atoms with van der Waals surface area (Å²) < 4.78 is 12.9. The largest absolute Gasteiger partial charge is 0.396 e. The maximum absolute atomic E-state index is 12.9. The van der Waals surface area contributed by atoms with Gasteiger partial charge in [-0.05, 0) is 18.2 Å². The summed E-state index contributed by atoms with van der Waals surface area (Å²) in [5, 5.41) is 9.02. The molecular weight excluding hydrogens is 199 g/mol. The average Bonchev–Trinajstić information content (AvgIpc) is 2.07. The second-order valence-electron chi connectivity index (χ2n) is 2.15. The van der Waals surface area contributed by atoms with Gasteiger partial charge in [0.15, 0.2) is 0 Å². The van der Waals surface area contributed by atoms with E-state index >= 15 is 0 Å². The molecule has 1 N–H and O–H groups in total. The second kappa shape index (κ2) is 4.70. The van der Waals surface area contributed by atoms with E-state index in [0.29, 0.717) is 15.7 Å². The lowest BCUT2D eigenvalue weighted by atomic mass is 10.3. The van der Waals surface area contributed by atoms with Crippen molar-refractivity contribution < 1.29 is 9.50 Å². The predicted octanol–water partition coefficient (Wildman–Crippen LogP) is 2.56. The Kier molecular flexibility index (Phi) is 3.85. The first kappa shape index (κ1) is 9.84. The molecule has 0 saturated heterocycles. The molecule has 0 amide bonds. The first-order valence-corrected chi connectivity index (χ1v) is 4.79. The molecule has 0 atom stereocenters. The first-order valence-electron chi connectivity index (χ1n) is 3.43. The lowest BCUT2D eigenvalue weighted by molar-refractivity contribution is 0.322. The number of hydrogen-bond acceptors (Lipinski definition) is 2. The molecule has 0 aliphatic carbocycles. The molecule has 0 bridgehead atoms. The van der Waals surface area contributed by atoms with Crippen LogP contribution < -0.4 is 0 Å². The summed E-state index contributed by atoms with van der Waals surface area (Å²) >= 11 is 6.91. The Morgan fingerprint density at radius 2 is 2.25 bits per heavy atom. The molecular formula is C8H8ClFOS. The summed E-state index contributed by atoms with van der Waals surface area (Å²) in [6, 6.07) is 4.37. The van der Waals surface area contributed by atoms with E-state index < -0.39 is 0 Å². The Bertz CT molecular complexity index is 267. The highest BCUT2D eigenvalue weighted by molar-refractivity contribution is 7.99. The maximum atomic E-state index is 12.9. The van der Waals surface area contributed by atoms with E-state index in [1.54, 1.807) is 6.07 Å². The minimum atomic E-state index is -0.294. The van der Waals surface area contributed by atoms with Gasteiger partial charge in [0.05, 0.1) is 6.61 Å². The van der Waals surface area contributed by atoms with Gasteiger partial charge in [0.2, 0.25) is 0 Å². The van der Waals surface area contributed by atoms with Crippen LogP contribution in [0, 0.1) is 5.82 Å². The van der Waals surface area contributed by atoms with Crippen LogP contribution in [0.2, 0.25) is 5.02 Å². The summed E-state index contributed by atoms with van der Waals surface area (Å²) in [6.07, 6.45) is 0. The Morgan fingerprint density at radius 1 is 1.50 bits per heavy atom. The van der Waals surface area contributed by atoms with Gasteiger partial charge in [-0.3, -0.25) is 0 Å². The fraction of sp³-hybridized carbons (Fsp3) is 0.250. The predicted molar refractivity (Wildman–Crippen MR) is 49.2 cm³/mol. The van der Waals surface area contributed by atoms with Gasteiger partial charge in [0.1, 0.15) is 5.82 Å². The van der Waals surface area contributed by atoms with Crippen LogP contribution in [0.5, 0.6) is 0 Å². The molecule has 1 aromatic carbocycles. The van der Waals surface area contributed by atoms with Crippen molar-refractivity contribution in [2.45, 2.75) is 4.90 Å². The van der Waals surface area contributed by atoms with Crippen molar-refractivity contribution in [3.63, 3.8) is 0 Å². The summed E-state index contributed by atoms with van der Waals surface area (Å²) in [5.74, 6) is 0.190. The normalized spacial score (nSPS) is 10.2. The number of rotatable bonds is 3. The van der Waals surface area contributed by atoms with E-state index in [4.69, 9.17) is 16.7 Å². The van der Waals surface area contributed by atoms with Gasteiger partial charge >= 0.3 is 0 Å². The lowest BCUT2D eigenvalue weighted by Crippen LogP contribution is -1.87. The Hall–Kier alpha value is -0.250. The number of benzene rings is 1. The third-order valence-electron chi connectivity index (χ3n) is 1.24. The van der Waals surface area contributed by atoms with Gasteiger partial charge in [-0.15, -0.1) is 11.8 Å². The van der Waals surface area contributed by atoms with Gasteiger partial charge < -0.3 is 5.11 Å². The van der Waals surface area contributed by atoms with Crippen molar-refractivity contribution in [3.8, 4) is 0 Å². The molecule has 0 heterocycles. The molecule has 0 unspecified atom stereocenters. The zero-order valence-electron chi connectivity index (χ0n) is 6.26. The van der Waals surface area contributed by atoms with Crippen molar-refractivity contribution in [3.05, 3.63) is 29.0 Å². The van der Waals surface area contributed by atoms with E-state index in [2.05, 4.69) is 0 Å². The Balaban J connectivity index is 2.75. The van der Waals surface area contributed by atoms with Gasteiger partial charge in [0, 0.05) is 15.7 Å². The van der Waals surface area contributed by atoms with E-state index in [9.17, 15) is 4.39 Å². The number of thioether (sulfide) groups is 1. The third-order valence-corrected chi connectivity index (χ3v) is 2.49. The fourth-order valence-corrected chi connectivity index (χ4v) is 1.71. The first-order chi connectivity index (χ1) is 5.74. The van der Waals surface area contributed by atoms with Gasteiger partial charge in [0.25, 0.3) is 0 Å². The van der Waals surface area contributed by atoms with E-state index in [1.165, 1.54) is 23.9 Å². The Morgan fingerprint density at radius 3 is 2.92 bits per heavy atom. The number of hydrogen-bond donors (Lipinski definition) is 1. The zero-order valence-corrected chi connectivity index (χ0v) is 7.83. The van der Waals surface area contributed by atoms with Crippen molar-refractivity contribution in [1.29, 1.82) is 0 Å². The molecule has 0 saturated carbocycles. The molecule has 0 aliphatic rings. The summed E-state index contributed by atoms with van der Waals surface area (Å²) in [7, 11) is 0. The third kappa shape index (κ3) is 2.66. The SMILES string of the molecule is OCCSc1cc(Cl)ccc1F. The van der Waals surface area contributed by atoms with Gasteiger partial charge in [-0.2, -0.15) is 0 Å². The van der Waals surface area contributed by atoms with Gasteiger partial charge in [-0.1, -0.05) is 11.6 Å². The van der Waals surface area contributed by atoms with Gasteiger partial charge in [-0.25, -0.2) is 4.39 Å². The average molecular weight is 207 g/mol. The highest BCUT2D eigenvalue weighted by Gasteiger charge is 2.02. The monoisotopic (exact) mass is 206 g/mol. The van der Waals surface area contributed by atoms with Crippen LogP contribution >= 0.6 is 23.4 Å². The number of halogens is 2. The van der Waals surface area contributed by atoms with Crippen LogP contribution in [0.4, 0.5) is 4.39 Å². The van der Waals surface area contributed by atoms with Crippen LogP contribution in [0.1, 0.15) is 0 Å². The highest BCUT2D eigenvalue weighted by Crippen LogP contribution is 2.24. The molecule has 12 heavy (non-hydrogen) atoms. The zero-order chi connectivity index (χ0) is 8.97. The Labute approximate surface area is 79.5 Å². The molecule has 0 radical (unpaired) electrons. The van der Waals surface area contributed by atoms with Crippen molar-refractivity contribution >= 4 is 23.4 Å². The lowest BCUT2D eigenvalue weighted by Gasteiger charge is -2.01. The van der Waals surface area contributed by atoms with Crippen LogP contribution in [-0.4, -0.2) is 17.5 Å². The van der Waals surface area contributed by atoms with E-state index in [-0.39, 0.29) is 12.4 Å². The smallest absolute Gasteiger partial charge is 0.136 e. The topological polar surface area (TPSA) is 20.2 Å². The number of aliphatic hydroxyl groups is 1. The van der Waals surface area contributed by atoms with Crippen molar-refractivity contribution in [2.24, 2.45) is 0 Å². The molecule has 4 heteroatoms. The number of aliphatic hydroxyl groups excluding tert-OH is 1. The standard InChI is InChI=1S/C8H8ClFOS/c9-6-1-2-7(10)8(5-6)12-4-3-11/h1-2,5,11H,3-4H2. The maximum Gasteiger partial charge on any atom is 0.136 e. The minimum absolute atomic E-state index is 0.0383. The molecule has 0 aliphatic heterocycles. The minimum Gasteiger partial charge on any atom is -0.396 e. The van der Waals surface area contributed by atoms with Crippen LogP contribution in [0.15, 0.2) is 23.1 Å². The van der Waals surface area contributed by atoms with E-state index in [1.807, 2.05) is 0 Å². The van der Waals surface area contributed by atoms with Crippen molar-refractivity contribution in [1.82, 2.24) is 0 Å². The van der Waals surface area contributed by atoms with Crippen LogP contribution in [0.25, 0.3) is 0 Å². The summed E-state index contributed by atoms with van der Waals surface area (Å²) in [5.41, 5.74) is 0. The van der Waals surface area contributed by atoms with Crippen LogP contribution in [0.3, 0.4) is 0 Å². The molecule has 1 rings (SSSR count). The molecule has 1 aromatic rings. The molecule has 0 spiro atoms. The van der Waals surface area contributed by atoms with Crippen molar-refractivity contribution in [2.75, 3.05) is 12.4 Å². The van der Waals surface area contributed by atoms with E-state index in [0.717, 1.165) is 0 Å². The second-order valence-corrected chi connectivity index (χ2v) is 3.72.